The summed E-state index contributed by atoms with van der Waals surface area (Å²) in [6.07, 6.45) is 0.240. The maximum atomic E-state index is 12.6. The van der Waals surface area contributed by atoms with E-state index in [1.807, 2.05) is 0 Å². The first kappa shape index (κ1) is 8.77. The predicted octanol–water partition coefficient (Wildman–Crippen LogP) is 1.77. The molecule has 0 aromatic carbocycles. The summed E-state index contributed by atoms with van der Waals surface area (Å²) in [5, 5.41) is -0.565. The average molecular weight is 181 g/mol. The topological polar surface area (TPSA) is 20.3 Å². The minimum Gasteiger partial charge on any atom is -0.328 e. The van der Waals surface area contributed by atoms with E-state index in [1.165, 1.54) is 0 Å². The average Bonchev–Trinajstić information content (AvgIpc) is 1.85. The fourth-order valence-electron chi connectivity index (χ4n) is 1.13. The molecular weight excluding hydrogens is 172 g/mol. The van der Waals surface area contributed by atoms with Crippen molar-refractivity contribution in [3.63, 3.8) is 0 Å². The van der Waals surface area contributed by atoms with Crippen molar-refractivity contribution in [1.29, 1.82) is 0 Å². The summed E-state index contributed by atoms with van der Waals surface area (Å²) in [5.74, 6) is -2.71. The van der Waals surface area contributed by atoms with Crippen LogP contribution in [0.25, 0.3) is 0 Å². The second kappa shape index (κ2) is 2.97. The molecule has 0 aromatic rings. The molecule has 1 heterocycles. The smallest absolute Gasteiger partial charge is 0.278 e. The second-order valence-electron chi connectivity index (χ2n) is 2.66. The molecule has 2 nitrogen and oxygen atoms in total. The van der Waals surface area contributed by atoms with Crippen molar-refractivity contribution in [2.75, 3.05) is 13.1 Å². The van der Waals surface area contributed by atoms with E-state index in [9.17, 15) is 13.6 Å². The molecule has 5 heteroatoms. The van der Waals surface area contributed by atoms with Crippen LogP contribution in [-0.2, 0) is 0 Å². The number of amides is 1. The summed E-state index contributed by atoms with van der Waals surface area (Å²) in [4.78, 5) is 11.6. The van der Waals surface area contributed by atoms with Gasteiger partial charge >= 0.3 is 0 Å². The molecule has 1 amide bonds. The Balaban J connectivity index is 2.53. The largest absolute Gasteiger partial charge is 0.328 e. The van der Waals surface area contributed by atoms with Crippen molar-refractivity contribution < 1.29 is 13.6 Å². The van der Waals surface area contributed by atoms with Gasteiger partial charge in [-0.3, -0.25) is 4.79 Å². The lowest BCUT2D eigenvalue weighted by Crippen LogP contribution is -2.43. The van der Waals surface area contributed by atoms with Gasteiger partial charge < -0.3 is 4.90 Å². The maximum Gasteiger partial charge on any atom is 0.278 e. The number of hydrogen-bond donors (Lipinski definition) is 1. The second-order valence-corrected chi connectivity index (χ2v) is 3.05. The summed E-state index contributed by atoms with van der Waals surface area (Å²) in [6.45, 7) is -0.0761. The molecule has 0 unspecified atom stereocenters. The van der Waals surface area contributed by atoms with E-state index in [0.29, 0.717) is 13.0 Å². The van der Waals surface area contributed by atoms with Gasteiger partial charge in [-0.25, -0.2) is 8.78 Å². The van der Waals surface area contributed by atoms with Gasteiger partial charge in [-0.05, 0) is 6.42 Å². The van der Waals surface area contributed by atoms with Crippen LogP contribution < -0.4 is 0 Å². The summed E-state index contributed by atoms with van der Waals surface area (Å²) in [6, 6.07) is 0. The number of carbonyl (C=O) groups excluding carboxylic acids is 1. The Morgan fingerprint density at radius 1 is 1.55 bits per heavy atom. The van der Waals surface area contributed by atoms with Crippen molar-refractivity contribution in [1.82, 2.24) is 4.90 Å². The number of piperidine rings is 1. The van der Waals surface area contributed by atoms with Gasteiger partial charge in [0.25, 0.3) is 11.2 Å². The van der Waals surface area contributed by atoms with Crippen LogP contribution in [0.1, 0.15) is 12.8 Å². The van der Waals surface area contributed by atoms with Crippen molar-refractivity contribution in [3.8, 4) is 0 Å². The normalized spacial score (nSPS) is 23.4. The van der Waals surface area contributed by atoms with Crippen molar-refractivity contribution in [3.05, 3.63) is 0 Å². The van der Waals surface area contributed by atoms with E-state index >= 15 is 0 Å². The molecule has 0 saturated carbocycles. The zero-order valence-electron chi connectivity index (χ0n) is 5.89. The lowest BCUT2D eigenvalue weighted by molar-refractivity contribution is -0.0497. The van der Waals surface area contributed by atoms with Gasteiger partial charge in [-0.1, -0.05) is 12.6 Å². The number of thiol groups is 1. The Kier molecular flexibility index (Phi) is 2.37. The van der Waals surface area contributed by atoms with Crippen LogP contribution in [0.2, 0.25) is 0 Å². The summed E-state index contributed by atoms with van der Waals surface area (Å²) < 4.78 is 25.2. The number of rotatable bonds is 0. The Morgan fingerprint density at radius 2 is 2.18 bits per heavy atom. The molecule has 0 atom stereocenters. The molecule has 1 rings (SSSR count). The third-order valence-electron chi connectivity index (χ3n) is 1.66. The van der Waals surface area contributed by atoms with Crippen LogP contribution in [0.5, 0.6) is 0 Å². The highest BCUT2D eigenvalue weighted by molar-refractivity contribution is 7.96. The van der Waals surface area contributed by atoms with E-state index in [2.05, 4.69) is 12.6 Å². The van der Waals surface area contributed by atoms with Crippen LogP contribution in [0, 0.1) is 0 Å². The minimum absolute atomic E-state index is 0.120. The number of nitrogens with zero attached hydrogens (tertiary/aromatic N) is 1. The molecule has 1 aliphatic rings. The lowest BCUT2D eigenvalue weighted by atomic mass is 10.1. The quantitative estimate of drug-likeness (QED) is 0.565. The Hall–Kier alpha value is -0.320. The molecule has 0 aliphatic carbocycles. The van der Waals surface area contributed by atoms with Crippen LogP contribution >= 0.6 is 12.6 Å². The fourth-order valence-corrected chi connectivity index (χ4v) is 1.30. The van der Waals surface area contributed by atoms with Gasteiger partial charge in [-0.2, -0.15) is 0 Å². The van der Waals surface area contributed by atoms with Crippen molar-refractivity contribution in [2.45, 2.75) is 18.8 Å². The van der Waals surface area contributed by atoms with Crippen molar-refractivity contribution in [2.24, 2.45) is 0 Å². The number of likely N-dealkylation sites (tertiary alicyclic amines) is 1. The lowest BCUT2D eigenvalue weighted by Gasteiger charge is -2.30. The van der Waals surface area contributed by atoms with Gasteiger partial charge in [0.2, 0.25) is 0 Å². The van der Waals surface area contributed by atoms with E-state index in [0.717, 1.165) is 4.90 Å². The molecule has 1 fully saturated rings. The maximum absolute atomic E-state index is 12.6. The van der Waals surface area contributed by atoms with Gasteiger partial charge in [0, 0.05) is 13.0 Å². The molecular formula is C6H9F2NOS. The molecule has 1 saturated heterocycles. The zero-order chi connectivity index (χ0) is 8.48. The van der Waals surface area contributed by atoms with Gasteiger partial charge in [0.15, 0.2) is 0 Å². The molecule has 11 heavy (non-hydrogen) atoms. The molecule has 0 radical (unpaired) electrons. The van der Waals surface area contributed by atoms with E-state index in [4.69, 9.17) is 0 Å². The van der Waals surface area contributed by atoms with Crippen LogP contribution in [-0.4, -0.2) is 29.2 Å². The summed E-state index contributed by atoms with van der Waals surface area (Å²) >= 11 is 3.47. The third kappa shape index (κ3) is 2.32. The van der Waals surface area contributed by atoms with Crippen molar-refractivity contribution >= 4 is 17.9 Å². The highest BCUT2D eigenvalue weighted by Crippen LogP contribution is 2.26. The summed E-state index contributed by atoms with van der Waals surface area (Å²) in [7, 11) is 0. The standard InChI is InChI=1S/C6H9F2NOS/c7-6(8)2-1-3-9(4-6)5(10)11/h1-4H2,(H,10,11). The van der Waals surface area contributed by atoms with Gasteiger partial charge in [0.1, 0.15) is 0 Å². The highest BCUT2D eigenvalue weighted by atomic mass is 32.1. The molecule has 0 N–H and O–H groups in total. The Bertz CT molecular complexity index is 174. The molecule has 0 aromatic heterocycles. The number of hydrogen-bond acceptors (Lipinski definition) is 1. The van der Waals surface area contributed by atoms with E-state index in [1.54, 1.807) is 0 Å². The fraction of sp³-hybridized carbons (Fsp3) is 0.833. The van der Waals surface area contributed by atoms with E-state index in [-0.39, 0.29) is 6.42 Å². The SMILES string of the molecule is O=C(S)N1CCCC(F)(F)C1. The highest BCUT2D eigenvalue weighted by Gasteiger charge is 2.36. The predicted molar refractivity (Wildman–Crippen MR) is 40.1 cm³/mol. The molecule has 1 aliphatic heterocycles. The first-order valence-electron chi connectivity index (χ1n) is 3.37. The number of carbonyl (C=O) groups is 1. The molecule has 64 valence electrons. The minimum atomic E-state index is -2.71. The Morgan fingerprint density at radius 3 is 2.55 bits per heavy atom. The molecule has 0 spiro atoms. The van der Waals surface area contributed by atoms with Crippen LogP contribution in [0.15, 0.2) is 0 Å². The van der Waals surface area contributed by atoms with Gasteiger partial charge in [-0.15, -0.1) is 0 Å². The number of halogens is 2. The van der Waals surface area contributed by atoms with Crippen LogP contribution in [0.4, 0.5) is 13.6 Å². The summed E-state index contributed by atoms with van der Waals surface area (Å²) in [5.41, 5.74) is 0. The Labute approximate surface area is 69.0 Å². The van der Waals surface area contributed by atoms with Crippen LogP contribution in [0.3, 0.4) is 0 Å². The monoisotopic (exact) mass is 181 g/mol. The number of alkyl halides is 2. The first-order chi connectivity index (χ1) is 5.01. The first-order valence-corrected chi connectivity index (χ1v) is 3.82. The van der Waals surface area contributed by atoms with E-state index < -0.39 is 17.7 Å². The third-order valence-corrected chi connectivity index (χ3v) is 1.95. The zero-order valence-corrected chi connectivity index (χ0v) is 6.78. The van der Waals surface area contributed by atoms with Gasteiger partial charge in [0.05, 0.1) is 6.54 Å². The molecule has 0 bridgehead atoms.